The van der Waals surface area contributed by atoms with Crippen LogP contribution in [-0.4, -0.2) is 13.6 Å². The van der Waals surface area contributed by atoms with Crippen molar-refractivity contribution in [3.63, 3.8) is 0 Å². The van der Waals surface area contributed by atoms with Crippen LogP contribution in [0.5, 0.6) is 0 Å². The molecule has 2 heteroatoms. The van der Waals surface area contributed by atoms with E-state index in [1.54, 1.807) is 12.5 Å². The van der Waals surface area contributed by atoms with Gasteiger partial charge in [0, 0.05) is 0 Å². The summed E-state index contributed by atoms with van der Waals surface area (Å²) in [7, 11) is 1.97. The highest BCUT2D eigenvalue weighted by atomic mass is 16.3. The van der Waals surface area contributed by atoms with E-state index >= 15 is 0 Å². The van der Waals surface area contributed by atoms with Gasteiger partial charge in [0.2, 0.25) is 0 Å². The van der Waals surface area contributed by atoms with Gasteiger partial charge in [0.25, 0.3) is 0 Å². The molecule has 0 unspecified atom stereocenters. The molecule has 0 bridgehead atoms. The van der Waals surface area contributed by atoms with Crippen molar-refractivity contribution in [2.45, 2.75) is 12.8 Å². The minimum Gasteiger partial charge on any atom is -0.472 e. The molecular formula is C8H13NO. The van der Waals surface area contributed by atoms with Gasteiger partial charge in [0.05, 0.1) is 12.5 Å². The molecule has 1 N–H and O–H groups in total. The van der Waals surface area contributed by atoms with Crippen molar-refractivity contribution in [2.24, 2.45) is 0 Å². The monoisotopic (exact) mass is 139 g/mol. The third-order valence-electron chi connectivity index (χ3n) is 1.47. The van der Waals surface area contributed by atoms with Crippen LogP contribution in [0, 0.1) is 0 Å². The summed E-state index contributed by atoms with van der Waals surface area (Å²) in [6.45, 7) is 1.07. The summed E-state index contributed by atoms with van der Waals surface area (Å²) in [6.07, 6.45) is 5.80. The van der Waals surface area contributed by atoms with Crippen molar-refractivity contribution in [2.75, 3.05) is 13.6 Å². The van der Waals surface area contributed by atoms with Crippen molar-refractivity contribution in [1.82, 2.24) is 5.32 Å². The molecule has 1 aromatic heterocycles. The van der Waals surface area contributed by atoms with Crippen molar-refractivity contribution < 1.29 is 4.42 Å². The second-order valence-electron chi connectivity index (χ2n) is 2.34. The molecule has 0 spiro atoms. The minimum absolute atomic E-state index is 1.07. The fourth-order valence-corrected chi connectivity index (χ4v) is 0.904. The molecular weight excluding hydrogens is 126 g/mol. The highest BCUT2D eigenvalue weighted by Crippen LogP contribution is 2.02. The molecule has 0 amide bonds. The number of rotatable bonds is 4. The van der Waals surface area contributed by atoms with Gasteiger partial charge in [-0.3, -0.25) is 0 Å². The van der Waals surface area contributed by atoms with E-state index in [9.17, 15) is 0 Å². The zero-order valence-corrected chi connectivity index (χ0v) is 6.26. The molecule has 1 rings (SSSR count). The first-order valence-electron chi connectivity index (χ1n) is 3.59. The lowest BCUT2D eigenvalue weighted by atomic mass is 10.2. The van der Waals surface area contributed by atoms with Gasteiger partial charge in [0.1, 0.15) is 0 Å². The molecule has 56 valence electrons. The third-order valence-corrected chi connectivity index (χ3v) is 1.47. The molecule has 0 saturated heterocycles. The molecule has 0 aliphatic heterocycles. The van der Waals surface area contributed by atoms with Gasteiger partial charge < -0.3 is 9.73 Å². The Morgan fingerprint density at radius 2 is 2.50 bits per heavy atom. The zero-order valence-electron chi connectivity index (χ0n) is 6.26. The summed E-state index contributed by atoms with van der Waals surface area (Å²) in [5.41, 5.74) is 1.29. The van der Waals surface area contributed by atoms with E-state index in [-0.39, 0.29) is 0 Å². The number of hydrogen-bond donors (Lipinski definition) is 1. The first kappa shape index (κ1) is 7.35. The number of furan rings is 1. The quantitative estimate of drug-likeness (QED) is 0.638. The van der Waals surface area contributed by atoms with Gasteiger partial charge >= 0.3 is 0 Å². The van der Waals surface area contributed by atoms with E-state index in [1.807, 2.05) is 13.1 Å². The minimum atomic E-state index is 1.07. The molecule has 0 radical (unpaired) electrons. The van der Waals surface area contributed by atoms with Crippen molar-refractivity contribution in [3.8, 4) is 0 Å². The van der Waals surface area contributed by atoms with Crippen LogP contribution in [0.4, 0.5) is 0 Å². The Balaban J connectivity index is 2.15. The van der Waals surface area contributed by atoms with Crippen LogP contribution in [0.2, 0.25) is 0 Å². The zero-order chi connectivity index (χ0) is 7.23. The van der Waals surface area contributed by atoms with Crippen LogP contribution < -0.4 is 5.32 Å². The third kappa shape index (κ3) is 2.23. The van der Waals surface area contributed by atoms with Crippen molar-refractivity contribution >= 4 is 0 Å². The molecule has 0 saturated carbocycles. The molecule has 2 nitrogen and oxygen atoms in total. The topological polar surface area (TPSA) is 25.2 Å². The molecule has 0 aliphatic carbocycles. The van der Waals surface area contributed by atoms with E-state index in [0.29, 0.717) is 0 Å². The standard InChI is InChI=1S/C8H13NO/c1-9-5-2-3-8-4-6-10-7-8/h4,6-7,9H,2-3,5H2,1H3. The summed E-state index contributed by atoms with van der Waals surface area (Å²) in [5, 5.41) is 3.10. The average molecular weight is 139 g/mol. The van der Waals surface area contributed by atoms with Crippen LogP contribution >= 0.6 is 0 Å². The Labute approximate surface area is 61.2 Å². The molecule has 10 heavy (non-hydrogen) atoms. The van der Waals surface area contributed by atoms with Crippen LogP contribution in [0.15, 0.2) is 23.0 Å². The highest BCUT2D eigenvalue weighted by molar-refractivity contribution is 5.04. The Kier molecular flexibility index (Phi) is 3.03. The first-order valence-corrected chi connectivity index (χ1v) is 3.59. The highest BCUT2D eigenvalue weighted by Gasteiger charge is 1.91. The second kappa shape index (κ2) is 4.12. The number of hydrogen-bond acceptors (Lipinski definition) is 2. The Morgan fingerprint density at radius 3 is 3.10 bits per heavy atom. The lowest BCUT2D eigenvalue weighted by Crippen LogP contribution is -2.07. The summed E-state index contributed by atoms with van der Waals surface area (Å²) in [6, 6.07) is 2.01. The SMILES string of the molecule is CNCCCc1ccoc1. The molecule has 0 aliphatic rings. The maximum Gasteiger partial charge on any atom is 0.0934 e. The fraction of sp³-hybridized carbons (Fsp3) is 0.500. The predicted molar refractivity (Wildman–Crippen MR) is 41.0 cm³/mol. The van der Waals surface area contributed by atoms with E-state index in [2.05, 4.69) is 5.32 Å². The maximum atomic E-state index is 4.92. The Hall–Kier alpha value is -0.760. The van der Waals surface area contributed by atoms with Gasteiger partial charge in [-0.2, -0.15) is 0 Å². The second-order valence-corrected chi connectivity index (χ2v) is 2.34. The number of aryl methyl sites for hydroxylation is 1. The smallest absolute Gasteiger partial charge is 0.0934 e. The number of nitrogens with one attached hydrogen (secondary N) is 1. The van der Waals surface area contributed by atoms with Crippen molar-refractivity contribution in [1.29, 1.82) is 0 Å². The molecule has 0 aromatic carbocycles. The lowest BCUT2D eigenvalue weighted by molar-refractivity contribution is 0.562. The van der Waals surface area contributed by atoms with Crippen LogP contribution in [0.25, 0.3) is 0 Å². The Morgan fingerprint density at radius 1 is 1.60 bits per heavy atom. The van der Waals surface area contributed by atoms with E-state index in [4.69, 9.17) is 4.42 Å². The van der Waals surface area contributed by atoms with Gasteiger partial charge in [-0.25, -0.2) is 0 Å². The van der Waals surface area contributed by atoms with Crippen LogP contribution in [0.3, 0.4) is 0 Å². The average Bonchev–Trinajstić information content (AvgIpc) is 2.41. The fourth-order valence-electron chi connectivity index (χ4n) is 0.904. The summed E-state index contributed by atoms with van der Waals surface area (Å²) >= 11 is 0. The maximum absolute atomic E-state index is 4.92. The van der Waals surface area contributed by atoms with Gasteiger partial charge in [-0.05, 0) is 38.1 Å². The lowest BCUT2D eigenvalue weighted by Gasteiger charge is -1.94. The molecule has 1 heterocycles. The molecule has 1 aromatic rings. The van der Waals surface area contributed by atoms with Gasteiger partial charge in [-0.1, -0.05) is 0 Å². The van der Waals surface area contributed by atoms with Crippen LogP contribution in [0.1, 0.15) is 12.0 Å². The van der Waals surface area contributed by atoms with Crippen molar-refractivity contribution in [3.05, 3.63) is 24.2 Å². The van der Waals surface area contributed by atoms with Gasteiger partial charge in [-0.15, -0.1) is 0 Å². The Bertz CT molecular complexity index is 158. The first-order chi connectivity index (χ1) is 4.93. The van der Waals surface area contributed by atoms with E-state index < -0.39 is 0 Å². The van der Waals surface area contributed by atoms with Gasteiger partial charge in [0.15, 0.2) is 0 Å². The summed E-state index contributed by atoms with van der Waals surface area (Å²) in [4.78, 5) is 0. The molecule has 0 fully saturated rings. The summed E-state index contributed by atoms with van der Waals surface area (Å²) in [5.74, 6) is 0. The molecule has 0 atom stereocenters. The largest absolute Gasteiger partial charge is 0.472 e. The van der Waals surface area contributed by atoms with E-state index in [0.717, 1.165) is 13.0 Å². The normalized spacial score (nSPS) is 10.1. The summed E-state index contributed by atoms with van der Waals surface area (Å²) < 4.78 is 4.92. The van der Waals surface area contributed by atoms with E-state index in [1.165, 1.54) is 12.0 Å². The predicted octanol–water partition coefficient (Wildman–Crippen LogP) is 1.43. The van der Waals surface area contributed by atoms with Crippen LogP contribution in [-0.2, 0) is 6.42 Å².